The fourth-order valence-electron chi connectivity index (χ4n) is 3.37. The molecule has 0 fully saturated rings. The van der Waals surface area contributed by atoms with Crippen molar-refractivity contribution in [3.63, 3.8) is 0 Å². The molecule has 0 amide bonds. The van der Waals surface area contributed by atoms with Gasteiger partial charge in [-0.2, -0.15) is 0 Å². The van der Waals surface area contributed by atoms with E-state index in [1.807, 2.05) is 12.1 Å². The molecule has 0 radical (unpaired) electrons. The van der Waals surface area contributed by atoms with Crippen LogP contribution in [-0.2, 0) is 11.2 Å². The smallest absolute Gasteiger partial charge is 0.167 e. The van der Waals surface area contributed by atoms with Crippen molar-refractivity contribution in [1.29, 1.82) is 0 Å². The molecule has 0 aliphatic carbocycles. The number of rotatable bonds is 9. The third kappa shape index (κ3) is 5.95. The number of halogens is 3. The molecule has 5 heteroatoms. The fourth-order valence-corrected chi connectivity index (χ4v) is 3.37. The van der Waals surface area contributed by atoms with E-state index in [1.54, 1.807) is 19.1 Å². The summed E-state index contributed by atoms with van der Waals surface area (Å²) in [5, 5.41) is 9.39. The monoisotopic (exact) mass is 450 g/mol. The first kappa shape index (κ1) is 23.9. The maximum Gasteiger partial charge on any atom is 0.167 e. The molecule has 0 heterocycles. The number of ether oxygens (including phenoxy) is 1. The normalized spacial score (nSPS) is 11.3. The second-order valence-corrected chi connectivity index (χ2v) is 7.54. The summed E-state index contributed by atoms with van der Waals surface area (Å²) in [7, 11) is 0. The molecule has 1 N–H and O–H groups in total. The predicted octanol–water partition coefficient (Wildman–Crippen LogP) is 7.90. The van der Waals surface area contributed by atoms with Crippen molar-refractivity contribution in [2.75, 3.05) is 6.61 Å². The van der Waals surface area contributed by atoms with Crippen LogP contribution in [0.3, 0.4) is 0 Å². The summed E-state index contributed by atoms with van der Waals surface area (Å²) in [5.41, 5.74) is 2.85. The van der Waals surface area contributed by atoms with Crippen LogP contribution in [0, 0.1) is 11.6 Å². The van der Waals surface area contributed by atoms with E-state index in [0.717, 1.165) is 5.56 Å². The van der Waals surface area contributed by atoms with Gasteiger partial charge in [0.2, 0.25) is 0 Å². The van der Waals surface area contributed by atoms with Gasteiger partial charge in [0.25, 0.3) is 0 Å². The Labute approximate surface area is 192 Å². The molecule has 0 aromatic heterocycles. The van der Waals surface area contributed by atoms with Gasteiger partial charge in [-0.3, -0.25) is 0 Å². The lowest BCUT2D eigenvalue weighted by molar-refractivity contribution is 0.226. The number of allylic oxidation sites excluding steroid dienone is 3. The van der Waals surface area contributed by atoms with Crippen LogP contribution in [0.15, 0.2) is 97.1 Å². The van der Waals surface area contributed by atoms with Crippen molar-refractivity contribution in [1.82, 2.24) is 0 Å². The minimum absolute atomic E-state index is 0.0197. The van der Waals surface area contributed by atoms with Crippen molar-refractivity contribution >= 4 is 0 Å². The minimum Gasteiger partial charge on any atom is -0.508 e. The molecule has 0 unspecified atom stereocenters. The largest absolute Gasteiger partial charge is 0.508 e. The Morgan fingerprint density at radius 3 is 1.91 bits per heavy atom. The zero-order valence-electron chi connectivity index (χ0n) is 18.4. The van der Waals surface area contributed by atoms with Crippen LogP contribution in [0.1, 0.15) is 18.9 Å². The molecular weight excluding hydrogens is 425 g/mol. The number of aryl methyl sites for hydroxylation is 1. The molecule has 0 saturated heterocycles. The number of benzene rings is 3. The number of phenolic OH excluding ortho intramolecular Hbond substituents is 1. The van der Waals surface area contributed by atoms with E-state index in [4.69, 9.17) is 4.74 Å². The molecule has 33 heavy (non-hydrogen) atoms. The zero-order valence-corrected chi connectivity index (χ0v) is 18.4. The molecule has 0 saturated carbocycles. The Hall–Kier alpha value is -3.73. The van der Waals surface area contributed by atoms with Gasteiger partial charge in [-0.25, -0.2) is 13.2 Å². The van der Waals surface area contributed by atoms with E-state index in [0.29, 0.717) is 36.1 Å². The molecule has 0 atom stereocenters. The van der Waals surface area contributed by atoms with Gasteiger partial charge in [0, 0.05) is 11.1 Å². The lowest BCUT2D eigenvalue weighted by Crippen LogP contribution is -1.95. The Morgan fingerprint density at radius 2 is 1.39 bits per heavy atom. The third-order valence-electron chi connectivity index (χ3n) is 5.18. The molecule has 0 spiro atoms. The first-order chi connectivity index (χ1) is 15.8. The summed E-state index contributed by atoms with van der Waals surface area (Å²) in [5.74, 6) is -2.39. The quantitative estimate of drug-likeness (QED) is 0.265. The van der Waals surface area contributed by atoms with Crippen LogP contribution < -0.4 is 0 Å². The molecule has 0 bridgehead atoms. The van der Waals surface area contributed by atoms with E-state index < -0.39 is 17.5 Å². The second-order valence-electron chi connectivity index (χ2n) is 7.54. The standard InChI is InChI=1S/C28H25F3O2/c1-4-33-19(3)26(29)17-18(2)5-6-20-7-9-21(10-8-20)24-15-16-25(28(31)27(24)30)22-11-13-23(32)14-12-22/h7-17,32H,2-6H2,1H3/b26-17+. The Morgan fingerprint density at radius 1 is 0.879 bits per heavy atom. The van der Waals surface area contributed by atoms with E-state index in [9.17, 15) is 18.3 Å². The molecule has 0 aliphatic rings. The topological polar surface area (TPSA) is 29.5 Å². The van der Waals surface area contributed by atoms with Crippen molar-refractivity contribution < 1.29 is 23.0 Å². The highest BCUT2D eigenvalue weighted by atomic mass is 19.2. The van der Waals surface area contributed by atoms with Gasteiger partial charge in [-0.15, -0.1) is 0 Å². The number of hydrogen-bond donors (Lipinski definition) is 1. The van der Waals surface area contributed by atoms with E-state index in [1.165, 1.54) is 42.5 Å². The fraction of sp³-hybridized carbons (Fsp3) is 0.143. The molecule has 0 aliphatic heterocycles. The maximum atomic E-state index is 14.8. The predicted molar refractivity (Wildman–Crippen MR) is 126 cm³/mol. The van der Waals surface area contributed by atoms with Crippen molar-refractivity contribution in [3.05, 3.63) is 114 Å². The lowest BCUT2D eigenvalue weighted by Gasteiger charge is -2.10. The molecule has 3 rings (SSSR count). The van der Waals surface area contributed by atoms with Crippen LogP contribution in [0.25, 0.3) is 22.3 Å². The first-order valence-corrected chi connectivity index (χ1v) is 10.5. The van der Waals surface area contributed by atoms with Crippen molar-refractivity contribution in [3.8, 4) is 28.0 Å². The van der Waals surface area contributed by atoms with Gasteiger partial charge in [0.05, 0.1) is 6.61 Å². The van der Waals surface area contributed by atoms with E-state index in [2.05, 4.69) is 13.2 Å². The van der Waals surface area contributed by atoms with Gasteiger partial charge < -0.3 is 9.84 Å². The summed E-state index contributed by atoms with van der Waals surface area (Å²) in [6.45, 7) is 9.47. The average Bonchev–Trinajstić information content (AvgIpc) is 2.81. The first-order valence-electron chi connectivity index (χ1n) is 10.5. The highest BCUT2D eigenvalue weighted by Gasteiger charge is 2.16. The van der Waals surface area contributed by atoms with Gasteiger partial charge in [-0.05, 0) is 54.7 Å². The van der Waals surface area contributed by atoms with E-state index in [-0.39, 0.29) is 22.6 Å². The Bertz CT molecular complexity index is 1180. The zero-order chi connectivity index (χ0) is 24.0. The maximum absolute atomic E-state index is 14.8. The van der Waals surface area contributed by atoms with Crippen LogP contribution in [0.4, 0.5) is 13.2 Å². The summed E-state index contributed by atoms with van der Waals surface area (Å²) in [6.07, 6.45) is 2.44. The Balaban J connectivity index is 1.70. The summed E-state index contributed by atoms with van der Waals surface area (Å²) in [4.78, 5) is 0. The summed E-state index contributed by atoms with van der Waals surface area (Å²) in [6, 6.07) is 16.1. The van der Waals surface area contributed by atoms with Gasteiger partial charge in [0.15, 0.2) is 17.5 Å². The molecule has 3 aromatic rings. The number of hydrogen-bond acceptors (Lipinski definition) is 2. The van der Waals surface area contributed by atoms with Crippen LogP contribution in [0.5, 0.6) is 5.75 Å². The van der Waals surface area contributed by atoms with Crippen molar-refractivity contribution in [2.24, 2.45) is 0 Å². The Kier molecular flexibility index (Phi) is 7.78. The molecule has 2 nitrogen and oxygen atoms in total. The molecule has 170 valence electrons. The van der Waals surface area contributed by atoms with Crippen LogP contribution >= 0.6 is 0 Å². The van der Waals surface area contributed by atoms with Gasteiger partial charge in [0.1, 0.15) is 11.5 Å². The highest BCUT2D eigenvalue weighted by molar-refractivity contribution is 5.72. The molecular formula is C28H25F3O2. The van der Waals surface area contributed by atoms with E-state index >= 15 is 0 Å². The third-order valence-corrected chi connectivity index (χ3v) is 5.18. The lowest BCUT2D eigenvalue weighted by atomic mass is 9.97. The number of aromatic hydroxyl groups is 1. The summed E-state index contributed by atoms with van der Waals surface area (Å²) < 4.78 is 48.5. The average molecular weight is 451 g/mol. The SMILES string of the molecule is C=C(/C=C(/F)C(=C)OCC)CCc1ccc(-c2ccc(-c3ccc(O)cc3)c(F)c2F)cc1. The molecule has 3 aromatic carbocycles. The van der Waals surface area contributed by atoms with Crippen LogP contribution in [-0.4, -0.2) is 11.7 Å². The highest BCUT2D eigenvalue weighted by Crippen LogP contribution is 2.32. The second kappa shape index (κ2) is 10.7. The van der Waals surface area contributed by atoms with Gasteiger partial charge in [-0.1, -0.05) is 67.3 Å². The van der Waals surface area contributed by atoms with Crippen LogP contribution in [0.2, 0.25) is 0 Å². The van der Waals surface area contributed by atoms with Crippen molar-refractivity contribution in [2.45, 2.75) is 19.8 Å². The number of phenols is 1. The minimum atomic E-state index is -0.944. The van der Waals surface area contributed by atoms with Gasteiger partial charge >= 0.3 is 0 Å². The summed E-state index contributed by atoms with van der Waals surface area (Å²) >= 11 is 0.